The van der Waals surface area contributed by atoms with Crippen molar-refractivity contribution in [2.24, 2.45) is 4.99 Å². The van der Waals surface area contributed by atoms with Crippen LogP contribution in [0.25, 0.3) is 0 Å². The van der Waals surface area contributed by atoms with Gasteiger partial charge in [0.15, 0.2) is 0 Å². The number of aliphatic imine (C=N–C) groups is 1. The maximum absolute atomic E-state index is 10.1. The molecule has 0 saturated heterocycles. The maximum Gasteiger partial charge on any atom is 0.148 e. The molecular formula is C26H31Cl2N5O. The van der Waals surface area contributed by atoms with Gasteiger partial charge >= 0.3 is 0 Å². The van der Waals surface area contributed by atoms with Crippen molar-refractivity contribution in [1.29, 1.82) is 0 Å². The van der Waals surface area contributed by atoms with Gasteiger partial charge in [-0.15, -0.1) is 0 Å². The summed E-state index contributed by atoms with van der Waals surface area (Å²) in [6.45, 7) is 9.50. The zero-order valence-corrected chi connectivity index (χ0v) is 21.4. The lowest BCUT2D eigenvalue weighted by molar-refractivity contribution is -0.107. The molecule has 0 unspecified atom stereocenters. The molecule has 0 atom stereocenters. The number of nitrogen functional groups attached to an aromatic ring is 1. The first-order valence-corrected chi connectivity index (χ1v) is 11.3. The van der Waals surface area contributed by atoms with Crippen molar-refractivity contribution in [3.05, 3.63) is 93.6 Å². The molecule has 0 aliphatic heterocycles. The van der Waals surface area contributed by atoms with E-state index in [1.165, 1.54) is 11.1 Å². The number of nitrogens with one attached hydrogen (secondary N) is 2. The Bertz CT molecular complexity index is 1140. The van der Waals surface area contributed by atoms with E-state index >= 15 is 0 Å². The van der Waals surface area contributed by atoms with Crippen molar-refractivity contribution in [1.82, 2.24) is 10.2 Å². The molecule has 0 aliphatic rings. The highest BCUT2D eigenvalue weighted by atomic mass is 35.5. The number of carbonyl (C=O) groups excluding carboxylic acids is 1. The molecule has 0 saturated carbocycles. The zero-order chi connectivity index (χ0) is 25.5. The Balaban J connectivity index is 0.000000307. The van der Waals surface area contributed by atoms with Gasteiger partial charge in [0.1, 0.15) is 12.1 Å². The van der Waals surface area contributed by atoms with Gasteiger partial charge in [0.25, 0.3) is 0 Å². The van der Waals surface area contributed by atoms with Crippen LogP contribution in [0, 0.1) is 13.8 Å². The van der Waals surface area contributed by atoms with Crippen molar-refractivity contribution in [3.8, 4) is 0 Å². The third-order valence-electron chi connectivity index (χ3n) is 4.50. The number of aryl methyl sites for hydroxylation is 2. The first kappa shape index (κ1) is 28.7. The van der Waals surface area contributed by atoms with Gasteiger partial charge in [-0.1, -0.05) is 60.1 Å². The fourth-order valence-corrected chi connectivity index (χ4v) is 2.93. The molecule has 0 amide bonds. The first-order valence-electron chi connectivity index (χ1n) is 10.5. The second kappa shape index (κ2) is 15.5. The number of aromatic amines is 1. The summed E-state index contributed by atoms with van der Waals surface area (Å²) in [7, 11) is 1.82. The van der Waals surface area contributed by atoms with Gasteiger partial charge in [-0.3, -0.25) is 10.1 Å². The molecule has 0 spiro atoms. The number of benzene rings is 2. The smallest absolute Gasteiger partial charge is 0.148 e. The Morgan fingerprint density at radius 3 is 2.47 bits per heavy atom. The highest BCUT2D eigenvalue weighted by Gasteiger charge is 2.02. The number of aromatic nitrogens is 2. The molecule has 0 bridgehead atoms. The van der Waals surface area contributed by atoms with E-state index in [2.05, 4.69) is 27.1 Å². The van der Waals surface area contributed by atoms with Gasteiger partial charge in [-0.2, -0.15) is 5.10 Å². The quantitative estimate of drug-likeness (QED) is 0.149. The van der Waals surface area contributed by atoms with Gasteiger partial charge in [0, 0.05) is 19.5 Å². The number of rotatable bonds is 6. The van der Waals surface area contributed by atoms with E-state index in [0.717, 1.165) is 29.0 Å². The molecule has 3 aromatic rings. The minimum Gasteiger partial charge on any atom is -0.397 e. The van der Waals surface area contributed by atoms with E-state index in [1.54, 1.807) is 30.5 Å². The van der Waals surface area contributed by atoms with Crippen LogP contribution in [0.1, 0.15) is 29.3 Å². The van der Waals surface area contributed by atoms with Gasteiger partial charge < -0.3 is 15.8 Å². The lowest BCUT2D eigenvalue weighted by Crippen LogP contribution is -1.90. The molecule has 8 heteroatoms. The van der Waals surface area contributed by atoms with Crippen LogP contribution in [0.3, 0.4) is 0 Å². The Hall–Kier alpha value is -3.35. The number of hydrogen-bond acceptors (Lipinski definition) is 5. The lowest BCUT2D eigenvalue weighted by atomic mass is 10.1. The number of hydrogen-bond donors (Lipinski definition) is 3. The number of H-pyrrole nitrogens is 1. The SMILES string of the molecule is C=C/C=C\C.CNc1cc(C=Nc2cc(C)c(C)cc2N)[nH]n1.O=CCc1cccc(Cl)c1Cl. The fraction of sp³-hybridized carbons (Fsp3) is 0.192. The number of allylic oxidation sites excluding steroid dienone is 3. The monoisotopic (exact) mass is 499 g/mol. The van der Waals surface area contributed by atoms with E-state index in [1.807, 2.05) is 58.2 Å². The van der Waals surface area contributed by atoms with E-state index in [9.17, 15) is 4.79 Å². The third kappa shape index (κ3) is 9.65. The standard InChI is InChI=1S/C13H17N5.C8H6Cl2O.C5H8/c1-8-4-11(14)12(5-9(8)2)16-7-10-6-13(15-3)18-17-10;9-7-3-1-2-6(4-5-11)8(7)10;1-3-5-4-2/h4-7H,14H2,1-3H3,(H2,15,17,18);1-3,5H,4H2;3-5H,1H2,2H3/b;;5-4-. The summed E-state index contributed by atoms with van der Waals surface area (Å²) in [5, 5.41) is 10.8. The molecule has 6 nitrogen and oxygen atoms in total. The number of halogens is 2. The second-order valence-electron chi connectivity index (χ2n) is 7.06. The molecule has 4 N–H and O–H groups in total. The summed E-state index contributed by atoms with van der Waals surface area (Å²) >= 11 is 11.5. The number of nitrogens with two attached hydrogens (primary N) is 1. The van der Waals surface area contributed by atoms with Crippen LogP contribution in [-0.4, -0.2) is 29.7 Å². The van der Waals surface area contributed by atoms with Crippen molar-refractivity contribution in [3.63, 3.8) is 0 Å². The first-order chi connectivity index (χ1) is 16.3. The highest BCUT2D eigenvalue weighted by Crippen LogP contribution is 2.26. The third-order valence-corrected chi connectivity index (χ3v) is 5.36. The topological polar surface area (TPSA) is 96.2 Å². The van der Waals surface area contributed by atoms with E-state index in [4.69, 9.17) is 28.9 Å². The Morgan fingerprint density at radius 1 is 1.21 bits per heavy atom. The zero-order valence-electron chi connectivity index (χ0n) is 19.9. The summed E-state index contributed by atoms with van der Waals surface area (Å²) < 4.78 is 0. The van der Waals surface area contributed by atoms with Gasteiger partial charge in [0.2, 0.25) is 0 Å². The Morgan fingerprint density at radius 2 is 1.91 bits per heavy atom. The minimum atomic E-state index is 0.319. The summed E-state index contributed by atoms with van der Waals surface area (Å²) in [6.07, 6.45) is 8.41. The van der Waals surface area contributed by atoms with Gasteiger partial charge in [-0.25, -0.2) is 0 Å². The molecule has 0 radical (unpaired) electrons. The normalized spacial score (nSPS) is 10.3. The molecule has 180 valence electrons. The fourth-order valence-electron chi connectivity index (χ4n) is 2.54. The van der Waals surface area contributed by atoms with Crippen molar-refractivity contribution >= 4 is 52.9 Å². The van der Waals surface area contributed by atoms with Crippen LogP contribution >= 0.6 is 23.2 Å². The number of nitrogens with zero attached hydrogens (tertiary/aromatic N) is 2. The van der Waals surface area contributed by atoms with E-state index in [0.29, 0.717) is 22.2 Å². The molecular weight excluding hydrogens is 469 g/mol. The van der Waals surface area contributed by atoms with Gasteiger partial charge in [0.05, 0.1) is 33.3 Å². The van der Waals surface area contributed by atoms with Crippen LogP contribution in [0.15, 0.2) is 66.2 Å². The summed E-state index contributed by atoms with van der Waals surface area (Å²) in [4.78, 5) is 14.5. The van der Waals surface area contributed by atoms with Crippen molar-refractivity contribution in [2.75, 3.05) is 18.1 Å². The van der Waals surface area contributed by atoms with Crippen LogP contribution in [0.5, 0.6) is 0 Å². The Labute approximate surface area is 211 Å². The average Bonchev–Trinajstić information content (AvgIpc) is 3.28. The van der Waals surface area contributed by atoms with Crippen molar-refractivity contribution < 1.29 is 4.79 Å². The number of carbonyl (C=O) groups is 1. The predicted octanol–water partition coefficient (Wildman–Crippen LogP) is 6.88. The maximum atomic E-state index is 10.1. The van der Waals surface area contributed by atoms with Crippen LogP contribution < -0.4 is 11.1 Å². The molecule has 2 aromatic carbocycles. The predicted molar refractivity (Wildman–Crippen MR) is 147 cm³/mol. The van der Waals surface area contributed by atoms with Crippen LogP contribution in [0.4, 0.5) is 17.2 Å². The Kier molecular flexibility index (Phi) is 13.1. The summed E-state index contributed by atoms with van der Waals surface area (Å²) in [5.41, 5.74) is 11.3. The molecule has 0 fully saturated rings. The lowest BCUT2D eigenvalue weighted by Gasteiger charge is -2.04. The second-order valence-corrected chi connectivity index (χ2v) is 7.84. The summed E-state index contributed by atoms with van der Waals surface area (Å²) in [5.74, 6) is 0.782. The van der Waals surface area contributed by atoms with E-state index < -0.39 is 0 Å². The number of aldehydes is 1. The largest absolute Gasteiger partial charge is 0.397 e. The van der Waals surface area contributed by atoms with Gasteiger partial charge in [-0.05, 0) is 55.7 Å². The van der Waals surface area contributed by atoms with Crippen molar-refractivity contribution in [2.45, 2.75) is 27.2 Å². The molecule has 3 rings (SSSR count). The average molecular weight is 500 g/mol. The molecule has 1 heterocycles. The molecule has 1 aromatic heterocycles. The molecule has 0 aliphatic carbocycles. The van der Waals surface area contributed by atoms with Crippen LogP contribution in [-0.2, 0) is 11.2 Å². The number of anilines is 2. The highest BCUT2D eigenvalue weighted by molar-refractivity contribution is 6.42. The minimum absolute atomic E-state index is 0.319. The summed E-state index contributed by atoms with van der Waals surface area (Å²) in [6, 6.07) is 11.0. The van der Waals surface area contributed by atoms with E-state index in [-0.39, 0.29) is 0 Å². The van der Waals surface area contributed by atoms with Crippen LogP contribution in [0.2, 0.25) is 10.0 Å². The molecule has 34 heavy (non-hydrogen) atoms.